The van der Waals surface area contributed by atoms with Crippen LogP contribution in [0.1, 0.15) is 49.1 Å². The van der Waals surface area contributed by atoms with E-state index in [0.717, 1.165) is 11.6 Å². The van der Waals surface area contributed by atoms with Crippen LogP contribution in [0.2, 0.25) is 5.02 Å². The largest absolute Gasteiger partial charge is 0.496 e. The molecule has 0 saturated carbocycles. The molecule has 0 spiro atoms. The first-order valence-corrected chi connectivity index (χ1v) is 13.2. The number of hydrogen-bond donors (Lipinski definition) is 1. The highest BCUT2D eigenvalue weighted by Crippen LogP contribution is 2.44. The summed E-state index contributed by atoms with van der Waals surface area (Å²) in [5.41, 5.74) is 0.636. The standard InChI is InChI=1S/C30H32ClF3N2O4/c1-5-36(29(38)35-19(3)20-12-14-22(31)15-13-20)18-24-23(16-27(37)40-6-2)25(30(32,33)34)17-26(39-4)28(24)21-10-8-7-9-11-21/h7-15,17,19H,5-6,16,18H2,1-4H3,(H,35,38)/t19-/m0/s1. The summed E-state index contributed by atoms with van der Waals surface area (Å²) in [6.45, 7) is 5.09. The molecule has 0 aliphatic heterocycles. The van der Waals surface area contributed by atoms with Crippen LogP contribution in [0.25, 0.3) is 11.1 Å². The molecule has 10 heteroatoms. The van der Waals surface area contributed by atoms with E-state index in [1.165, 1.54) is 12.0 Å². The highest BCUT2D eigenvalue weighted by Gasteiger charge is 2.38. The molecule has 0 aliphatic rings. The van der Waals surface area contributed by atoms with E-state index in [-0.39, 0.29) is 36.6 Å². The number of carbonyl (C=O) groups excluding carboxylic acids is 2. The van der Waals surface area contributed by atoms with E-state index < -0.39 is 36.2 Å². The molecule has 0 radical (unpaired) electrons. The lowest BCUT2D eigenvalue weighted by molar-refractivity contribution is -0.143. The van der Waals surface area contributed by atoms with Gasteiger partial charge in [0.25, 0.3) is 0 Å². The molecular weight excluding hydrogens is 545 g/mol. The Morgan fingerprint density at radius 3 is 2.23 bits per heavy atom. The summed E-state index contributed by atoms with van der Waals surface area (Å²) in [7, 11) is 1.29. The lowest BCUT2D eigenvalue weighted by Gasteiger charge is -2.29. The predicted molar refractivity (Wildman–Crippen MR) is 148 cm³/mol. The van der Waals surface area contributed by atoms with Gasteiger partial charge in [0.2, 0.25) is 0 Å². The minimum atomic E-state index is -4.79. The van der Waals surface area contributed by atoms with Gasteiger partial charge < -0.3 is 19.7 Å². The van der Waals surface area contributed by atoms with Gasteiger partial charge in [-0.25, -0.2) is 4.79 Å². The van der Waals surface area contributed by atoms with Crippen LogP contribution >= 0.6 is 11.6 Å². The van der Waals surface area contributed by atoms with Crippen LogP contribution in [-0.4, -0.2) is 37.2 Å². The number of urea groups is 1. The third kappa shape index (κ3) is 7.47. The number of nitrogens with zero attached hydrogens (tertiary/aromatic N) is 1. The topological polar surface area (TPSA) is 67.9 Å². The first kappa shape index (κ1) is 30.8. The van der Waals surface area contributed by atoms with Gasteiger partial charge in [-0.15, -0.1) is 0 Å². The van der Waals surface area contributed by atoms with E-state index in [1.54, 1.807) is 75.4 Å². The number of nitrogens with one attached hydrogen (secondary N) is 1. The van der Waals surface area contributed by atoms with Crippen molar-refractivity contribution in [3.05, 3.63) is 87.9 Å². The Morgan fingerprint density at radius 1 is 1.02 bits per heavy atom. The average Bonchev–Trinajstić information content (AvgIpc) is 2.92. The summed E-state index contributed by atoms with van der Waals surface area (Å²) >= 11 is 5.97. The molecule has 1 N–H and O–H groups in total. The van der Waals surface area contributed by atoms with E-state index in [1.807, 2.05) is 0 Å². The number of rotatable bonds is 10. The third-order valence-electron chi connectivity index (χ3n) is 6.46. The SMILES string of the molecule is CCOC(=O)Cc1c(C(F)(F)F)cc(OC)c(-c2ccccc2)c1CN(CC)C(=O)N[C@@H](C)c1ccc(Cl)cc1. The number of ether oxygens (including phenoxy) is 2. The lowest BCUT2D eigenvalue weighted by atomic mass is 9.88. The maximum Gasteiger partial charge on any atom is 0.416 e. The van der Waals surface area contributed by atoms with Crippen LogP contribution in [0.4, 0.5) is 18.0 Å². The normalized spacial score (nSPS) is 12.0. The molecule has 3 aromatic rings. The second-order valence-corrected chi connectivity index (χ2v) is 9.48. The Bertz CT molecular complexity index is 1320. The Kier molecular flexibility index (Phi) is 10.5. The molecule has 0 heterocycles. The molecule has 6 nitrogen and oxygen atoms in total. The molecule has 2 amide bonds. The number of alkyl halides is 3. The van der Waals surface area contributed by atoms with Crippen LogP contribution in [0.3, 0.4) is 0 Å². The average molecular weight is 577 g/mol. The van der Waals surface area contributed by atoms with E-state index in [4.69, 9.17) is 21.1 Å². The van der Waals surface area contributed by atoms with Crippen molar-refractivity contribution < 1.29 is 32.2 Å². The fraction of sp³-hybridized carbons (Fsp3) is 0.333. The van der Waals surface area contributed by atoms with Gasteiger partial charge in [0, 0.05) is 23.7 Å². The van der Waals surface area contributed by atoms with Crippen molar-refractivity contribution in [3.63, 3.8) is 0 Å². The first-order valence-electron chi connectivity index (χ1n) is 12.8. The number of amides is 2. The van der Waals surface area contributed by atoms with Gasteiger partial charge in [-0.2, -0.15) is 13.2 Å². The van der Waals surface area contributed by atoms with Gasteiger partial charge in [-0.1, -0.05) is 54.1 Å². The number of benzene rings is 3. The van der Waals surface area contributed by atoms with Crippen molar-refractivity contribution in [2.45, 2.75) is 46.0 Å². The van der Waals surface area contributed by atoms with Gasteiger partial charge in [-0.05, 0) is 61.2 Å². The van der Waals surface area contributed by atoms with Crippen molar-refractivity contribution in [2.75, 3.05) is 20.3 Å². The summed E-state index contributed by atoms with van der Waals surface area (Å²) in [6.07, 6.45) is -5.41. The van der Waals surface area contributed by atoms with Crippen LogP contribution in [-0.2, 0) is 28.7 Å². The van der Waals surface area contributed by atoms with Crippen molar-refractivity contribution in [3.8, 4) is 16.9 Å². The number of carbonyl (C=O) groups is 2. The molecule has 0 bridgehead atoms. The van der Waals surface area contributed by atoms with Crippen molar-refractivity contribution in [1.29, 1.82) is 0 Å². The maximum absolute atomic E-state index is 14.4. The van der Waals surface area contributed by atoms with Crippen molar-refractivity contribution >= 4 is 23.6 Å². The zero-order valence-electron chi connectivity index (χ0n) is 22.8. The van der Waals surface area contributed by atoms with E-state index in [0.29, 0.717) is 16.1 Å². The van der Waals surface area contributed by atoms with Crippen molar-refractivity contribution in [2.24, 2.45) is 0 Å². The van der Waals surface area contributed by atoms with Gasteiger partial charge >= 0.3 is 18.2 Å². The molecular formula is C30H32ClF3N2O4. The van der Waals surface area contributed by atoms with E-state index >= 15 is 0 Å². The van der Waals surface area contributed by atoms with Crippen LogP contribution < -0.4 is 10.1 Å². The molecule has 3 rings (SSSR count). The van der Waals surface area contributed by atoms with E-state index in [9.17, 15) is 22.8 Å². The Morgan fingerprint density at radius 2 is 1.68 bits per heavy atom. The highest BCUT2D eigenvalue weighted by atomic mass is 35.5. The van der Waals surface area contributed by atoms with Crippen LogP contribution in [0.15, 0.2) is 60.7 Å². The Balaban J connectivity index is 2.15. The molecule has 0 saturated heterocycles. The maximum atomic E-state index is 14.4. The summed E-state index contributed by atoms with van der Waals surface area (Å²) in [6, 6.07) is 15.8. The fourth-order valence-corrected chi connectivity index (χ4v) is 4.58. The molecule has 40 heavy (non-hydrogen) atoms. The molecule has 214 valence electrons. The minimum absolute atomic E-state index is 0.0172. The van der Waals surface area contributed by atoms with E-state index in [2.05, 4.69) is 5.32 Å². The summed E-state index contributed by atoms with van der Waals surface area (Å²) in [5.74, 6) is -0.825. The monoisotopic (exact) mass is 576 g/mol. The Hall–Kier alpha value is -3.72. The van der Waals surface area contributed by atoms with Gasteiger partial charge in [0.15, 0.2) is 0 Å². The van der Waals surface area contributed by atoms with Gasteiger partial charge in [0.05, 0.1) is 31.7 Å². The van der Waals surface area contributed by atoms with Gasteiger partial charge in [-0.3, -0.25) is 4.79 Å². The lowest BCUT2D eigenvalue weighted by Crippen LogP contribution is -2.41. The minimum Gasteiger partial charge on any atom is -0.496 e. The van der Waals surface area contributed by atoms with Gasteiger partial charge in [0.1, 0.15) is 5.75 Å². The Labute approximate surface area is 237 Å². The molecule has 1 atom stereocenters. The smallest absolute Gasteiger partial charge is 0.416 e. The second-order valence-electron chi connectivity index (χ2n) is 9.04. The molecule has 0 fully saturated rings. The summed E-state index contributed by atoms with van der Waals surface area (Å²) in [4.78, 5) is 27.3. The summed E-state index contributed by atoms with van der Waals surface area (Å²) in [5, 5.41) is 3.45. The number of halogens is 4. The summed E-state index contributed by atoms with van der Waals surface area (Å²) < 4.78 is 53.6. The molecule has 0 aliphatic carbocycles. The quantitative estimate of drug-likeness (QED) is 0.255. The van der Waals surface area contributed by atoms with Crippen LogP contribution in [0.5, 0.6) is 5.75 Å². The first-order chi connectivity index (χ1) is 19.0. The third-order valence-corrected chi connectivity index (χ3v) is 6.71. The van der Waals surface area contributed by atoms with Crippen molar-refractivity contribution in [1.82, 2.24) is 10.2 Å². The highest BCUT2D eigenvalue weighted by molar-refractivity contribution is 6.30. The van der Waals surface area contributed by atoms with Crippen LogP contribution in [0, 0.1) is 0 Å². The molecule has 0 unspecified atom stereocenters. The molecule has 0 aromatic heterocycles. The zero-order valence-corrected chi connectivity index (χ0v) is 23.5. The predicted octanol–water partition coefficient (Wildman–Crippen LogP) is 7.43. The second kappa shape index (κ2) is 13.6. The number of esters is 1. The fourth-order valence-electron chi connectivity index (χ4n) is 4.45. The number of hydrogen-bond acceptors (Lipinski definition) is 4. The number of methoxy groups -OCH3 is 1. The molecule has 3 aromatic carbocycles. The zero-order chi connectivity index (χ0) is 29.4.